The van der Waals surface area contributed by atoms with Crippen LogP contribution in [0.4, 0.5) is 4.39 Å². The molecule has 1 aliphatic carbocycles. The largest absolute Gasteiger partial charge is 0.295 e. The Morgan fingerprint density at radius 3 is 1.88 bits per heavy atom. The van der Waals surface area contributed by atoms with E-state index < -0.39 is 5.41 Å². The van der Waals surface area contributed by atoms with E-state index >= 15 is 0 Å². The van der Waals surface area contributed by atoms with Crippen molar-refractivity contribution in [1.29, 1.82) is 5.26 Å². The van der Waals surface area contributed by atoms with Crippen molar-refractivity contribution >= 4 is 0 Å². The molecule has 0 radical (unpaired) electrons. The van der Waals surface area contributed by atoms with Gasteiger partial charge in [-0.25, -0.2) is 4.39 Å². The van der Waals surface area contributed by atoms with Gasteiger partial charge in [-0.1, -0.05) is 85.6 Å². The van der Waals surface area contributed by atoms with Gasteiger partial charge < -0.3 is 0 Å². The van der Waals surface area contributed by atoms with E-state index in [9.17, 15) is 9.65 Å². The summed E-state index contributed by atoms with van der Waals surface area (Å²) in [6, 6.07) is 30.6. The van der Waals surface area contributed by atoms with Crippen molar-refractivity contribution in [2.24, 2.45) is 5.92 Å². The molecule has 0 heterocycles. The smallest absolute Gasteiger partial charge is 0.123 e. The van der Waals surface area contributed by atoms with E-state index in [1.54, 1.807) is 0 Å². The van der Waals surface area contributed by atoms with Crippen LogP contribution in [0.1, 0.15) is 55.2 Å². The van der Waals surface area contributed by atoms with Crippen LogP contribution in [0.15, 0.2) is 84.9 Å². The zero-order chi connectivity index (χ0) is 22.9. The lowest BCUT2D eigenvalue weighted by molar-refractivity contribution is 0.231. The monoisotopic (exact) mass is 440 g/mol. The molecule has 0 N–H and O–H groups in total. The molecular weight excluding hydrogens is 407 g/mol. The Hall–Kier alpha value is -2.96. The second-order valence-corrected chi connectivity index (χ2v) is 9.36. The van der Waals surface area contributed by atoms with Gasteiger partial charge in [0, 0.05) is 13.1 Å². The minimum Gasteiger partial charge on any atom is -0.295 e. The quantitative estimate of drug-likeness (QED) is 0.332. The van der Waals surface area contributed by atoms with Crippen LogP contribution in [0.25, 0.3) is 0 Å². The first-order valence-electron chi connectivity index (χ1n) is 12.2. The lowest BCUT2D eigenvalue weighted by Gasteiger charge is -2.34. The third-order valence-corrected chi connectivity index (χ3v) is 7.15. The van der Waals surface area contributed by atoms with Crippen molar-refractivity contribution < 1.29 is 4.39 Å². The molecule has 1 saturated carbocycles. The highest BCUT2D eigenvalue weighted by molar-refractivity contribution is 5.34. The second kappa shape index (κ2) is 11.3. The normalized spacial score (nSPS) is 15.9. The molecule has 3 aromatic rings. The van der Waals surface area contributed by atoms with Crippen molar-refractivity contribution in [2.45, 2.75) is 57.0 Å². The molecule has 33 heavy (non-hydrogen) atoms. The summed E-state index contributed by atoms with van der Waals surface area (Å²) in [5.41, 5.74) is 3.05. The maximum absolute atomic E-state index is 13.6. The highest BCUT2D eigenvalue weighted by Crippen LogP contribution is 2.45. The van der Waals surface area contributed by atoms with Gasteiger partial charge in [0.15, 0.2) is 0 Å². The highest BCUT2D eigenvalue weighted by atomic mass is 19.1. The number of benzene rings is 3. The third-order valence-electron chi connectivity index (χ3n) is 7.15. The molecule has 0 aromatic heterocycles. The summed E-state index contributed by atoms with van der Waals surface area (Å²) in [6.07, 6.45) is 6.28. The van der Waals surface area contributed by atoms with Crippen molar-refractivity contribution in [1.82, 2.24) is 4.90 Å². The summed E-state index contributed by atoms with van der Waals surface area (Å²) < 4.78 is 13.6. The molecule has 0 aliphatic heterocycles. The number of nitrogens with zero attached hydrogens (tertiary/aromatic N) is 2. The summed E-state index contributed by atoms with van der Waals surface area (Å²) in [7, 11) is 0. The SMILES string of the molecule is N#CC(CCCN(Cc1ccccc1)Cc1ccccc1)(c1ccc(F)cc1)C1CCCC1. The van der Waals surface area contributed by atoms with E-state index in [2.05, 4.69) is 71.6 Å². The molecule has 3 aromatic carbocycles. The summed E-state index contributed by atoms with van der Waals surface area (Å²) in [4.78, 5) is 2.48. The van der Waals surface area contributed by atoms with Crippen LogP contribution in [0.2, 0.25) is 0 Å². The Morgan fingerprint density at radius 2 is 1.36 bits per heavy atom. The molecule has 1 unspecified atom stereocenters. The van der Waals surface area contributed by atoms with Gasteiger partial charge in [0.05, 0.1) is 11.5 Å². The molecule has 0 amide bonds. The number of rotatable bonds is 10. The number of hydrogen-bond acceptors (Lipinski definition) is 2. The van der Waals surface area contributed by atoms with Crippen LogP contribution in [0.5, 0.6) is 0 Å². The first-order chi connectivity index (χ1) is 16.2. The van der Waals surface area contributed by atoms with E-state index in [1.807, 2.05) is 12.1 Å². The highest BCUT2D eigenvalue weighted by Gasteiger charge is 2.41. The number of hydrogen-bond donors (Lipinski definition) is 0. The zero-order valence-electron chi connectivity index (χ0n) is 19.3. The number of halogens is 1. The molecule has 4 rings (SSSR count). The predicted molar refractivity (Wildman–Crippen MR) is 132 cm³/mol. The molecule has 1 atom stereocenters. The maximum Gasteiger partial charge on any atom is 0.123 e. The van der Waals surface area contributed by atoms with E-state index in [0.717, 1.165) is 50.9 Å². The Morgan fingerprint density at radius 1 is 0.818 bits per heavy atom. The molecule has 2 nitrogen and oxygen atoms in total. The summed E-state index contributed by atoms with van der Waals surface area (Å²) in [6.45, 7) is 2.69. The first kappa shape index (κ1) is 23.2. The topological polar surface area (TPSA) is 27.0 Å². The molecule has 1 aliphatic rings. The molecule has 0 bridgehead atoms. The minimum absolute atomic E-state index is 0.242. The predicted octanol–water partition coefficient (Wildman–Crippen LogP) is 7.26. The van der Waals surface area contributed by atoms with Crippen LogP contribution in [0, 0.1) is 23.1 Å². The summed E-state index contributed by atoms with van der Waals surface area (Å²) in [5.74, 6) is 0.110. The van der Waals surface area contributed by atoms with E-state index in [4.69, 9.17) is 0 Å². The lowest BCUT2D eigenvalue weighted by atomic mass is 9.67. The van der Waals surface area contributed by atoms with Crippen molar-refractivity contribution in [3.8, 4) is 6.07 Å². The Bertz CT molecular complexity index is 979. The maximum atomic E-state index is 13.6. The van der Waals surface area contributed by atoms with E-state index in [0.29, 0.717) is 5.92 Å². The van der Waals surface area contributed by atoms with Crippen LogP contribution < -0.4 is 0 Å². The van der Waals surface area contributed by atoms with E-state index in [-0.39, 0.29) is 5.82 Å². The fourth-order valence-electron chi connectivity index (χ4n) is 5.44. The summed E-state index contributed by atoms with van der Waals surface area (Å²) >= 11 is 0. The van der Waals surface area contributed by atoms with Gasteiger partial charge in [0.2, 0.25) is 0 Å². The van der Waals surface area contributed by atoms with Crippen LogP contribution in [-0.2, 0) is 18.5 Å². The minimum atomic E-state index is -0.532. The average molecular weight is 441 g/mol. The Balaban J connectivity index is 1.51. The van der Waals surface area contributed by atoms with Gasteiger partial charge >= 0.3 is 0 Å². The molecular formula is C30H33FN2. The van der Waals surface area contributed by atoms with E-state index in [1.165, 1.54) is 36.1 Å². The van der Waals surface area contributed by atoms with Gasteiger partial charge in [-0.3, -0.25) is 4.90 Å². The lowest BCUT2D eigenvalue weighted by Crippen LogP contribution is -2.34. The molecule has 0 saturated heterocycles. The van der Waals surface area contributed by atoms with Gasteiger partial charge in [0.25, 0.3) is 0 Å². The van der Waals surface area contributed by atoms with Gasteiger partial charge in [-0.15, -0.1) is 0 Å². The Kier molecular flexibility index (Phi) is 7.92. The van der Waals surface area contributed by atoms with Crippen LogP contribution in [-0.4, -0.2) is 11.4 Å². The standard InChI is InChI=1S/C30H33FN2/c31-29-18-16-28(17-19-29)30(24-32,27-14-7-8-15-27)20-9-21-33(22-25-10-3-1-4-11-25)23-26-12-5-2-6-13-26/h1-6,10-13,16-19,27H,7-9,14-15,20-23H2. The van der Waals surface area contributed by atoms with Gasteiger partial charge in [0.1, 0.15) is 5.82 Å². The van der Waals surface area contributed by atoms with Crippen LogP contribution in [0.3, 0.4) is 0 Å². The fraction of sp³-hybridized carbons (Fsp3) is 0.367. The van der Waals surface area contributed by atoms with Crippen molar-refractivity contribution in [3.05, 3.63) is 107 Å². The zero-order valence-corrected chi connectivity index (χ0v) is 19.3. The number of nitriles is 1. The Labute approximate surface area is 197 Å². The fourth-order valence-corrected chi connectivity index (χ4v) is 5.44. The average Bonchev–Trinajstić information content (AvgIpc) is 3.39. The third kappa shape index (κ3) is 5.89. The first-order valence-corrected chi connectivity index (χ1v) is 12.2. The van der Waals surface area contributed by atoms with Crippen molar-refractivity contribution in [2.75, 3.05) is 6.54 Å². The molecule has 0 spiro atoms. The van der Waals surface area contributed by atoms with Crippen molar-refractivity contribution in [3.63, 3.8) is 0 Å². The van der Waals surface area contributed by atoms with Crippen LogP contribution >= 0.6 is 0 Å². The summed E-state index contributed by atoms with van der Waals surface area (Å²) in [5, 5.41) is 10.4. The van der Waals surface area contributed by atoms with Gasteiger partial charge in [-0.05, 0) is 67.0 Å². The van der Waals surface area contributed by atoms with Gasteiger partial charge in [-0.2, -0.15) is 5.26 Å². The molecule has 3 heteroatoms. The molecule has 1 fully saturated rings. The second-order valence-electron chi connectivity index (χ2n) is 9.36. The molecule has 170 valence electrons.